The fraction of sp³-hybridized carbons (Fsp3) is 0.556. The van der Waals surface area contributed by atoms with Crippen molar-refractivity contribution in [1.82, 2.24) is 19.8 Å². The van der Waals surface area contributed by atoms with Crippen molar-refractivity contribution < 1.29 is 71.0 Å². The van der Waals surface area contributed by atoms with E-state index in [2.05, 4.69) is 10.6 Å². The Labute approximate surface area is 391 Å². The predicted octanol–water partition coefficient (Wildman–Crippen LogP) is 2.18. The number of rotatable bonds is 35. The molecule has 0 bridgehead atoms. The second-order valence-electron chi connectivity index (χ2n) is 14.6. The van der Waals surface area contributed by atoms with Crippen LogP contribution in [0.1, 0.15) is 40.5 Å². The molecule has 19 nitrogen and oxygen atoms in total. The van der Waals surface area contributed by atoms with Crippen molar-refractivity contribution in [2.45, 2.75) is 39.3 Å². The lowest BCUT2D eigenvalue weighted by atomic mass is 10.00. The van der Waals surface area contributed by atoms with Gasteiger partial charge in [0, 0.05) is 51.9 Å². The monoisotopic (exact) mass is 968 g/mol. The van der Waals surface area contributed by atoms with E-state index in [1.54, 1.807) is 31.2 Å². The van der Waals surface area contributed by atoms with Crippen LogP contribution in [0.4, 0.5) is 8.78 Å². The Balaban J connectivity index is 1.20. The highest BCUT2D eigenvalue weighted by Crippen LogP contribution is 2.21. The van der Waals surface area contributed by atoms with Crippen LogP contribution < -0.4 is 21.9 Å². The lowest BCUT2D eigenvalue weighted by molar-refractivity contribution is -0.139. The van der Waals surface area contributed by atoms with Gasteiger partial charge in [0.1, 0.15) is 23.2 Å². The molecule has 3 aromatic rings. The number of nitrogens with zero attached hydrogens (tertiary/aromatic N) is 2. The molecule has 0 fully saturated rings. The van der Waals surface area contributed by atoms with Gasteiger partial charge in [-0.1, -0.05) is 36.0 Å². The van der Waals surface area contributed by atoms with Crippen molar-refractivity contribution >= 4 is 34.7 Å². The van der Waals surface area contributed by atoms with Crippen molar-refractivity contribution in [1.29, 1.82) is 0 Å². The Bertz CT molecular complexity index is 2120. The predicted molar refractivity (Wildman–Crippen MR) is 242 cm³/mol. The molecular weight excluding hydrogens is 907 g/mol. The molecule has 3 N–H and O–H groups in total. The van der Waals surface area contributed by atoms with Gasteiger partial charge in [-0.25, -0.2) is 18.4 Å². The molecule has 0 saturated carbocycles. The third-order valence-corrected chi connectivity index (χ3v) is 10.4. The zero-order valence-electron chi connectivity index (χ0n) is 38.4. The Morgan fingerprint density at radius 2 is 1.12 bits per heavy atom. The highest BCUT2D eigenvalue weighted by Gasteiger charge is 2.26. The van der Waals surface area contributed by atoms with E-state index >= 15 is 8.78 Å². The first-order chi connectivity index (χ1) is 32.2. The van der Waals surface area contributed by atoms with E-state index in [1.165, 1.54) is 37.3 Å². The van der Waals surface area contributed by atoms with Gasteiger partial charge in [0.2, 0.25) is 5.91 Å². The van der Waals surface area contributed by atoms with Crippen LogP contribution in [0.5, 0.6) is 0 Å². The van der Waals surface area contributed by atoms with Crippen LogP contribution in [0, 0.1) is 18.6 Å². The van der Waals surface area contributed by atoms with Crippen LogP contribution >= 0.6 is 11.8 Å². The van der Waals surface area contributed by atoms with Gasteiger partial charge in [-0.05, 0) is 35.7 Å². The van der Waals surface area contributed by atoms with E-state index < -0.39 is 52.3 Å². The molecule has 0 spiro atoms. The smallest absolute Gasteiger partial charge is 0.330 e. The summed E-state index contributed by atoms with van der Waals surface area (Å²) in [7, 11) is 2.89. The third-order valence-electron chi connectivity index (χ3n) is 9.67. The molecule has 1 aromatic heterocycles. The van der Waals surface area contributed by atoms with Gasteiger partial charge < -0.3 is 58.2 Å². The molecule has 0 aliphatic carbocycles. The largest absolute Gasteiger partial charge is 0.480 e. The molecule has 2 aromatic carbocycles. The number of aliphatic carboxylic acids is 1. The number of carboxylic acid groups (broad SMARTS) is 1. The van der Waals surface area contributed by atoms with Crippen LogP contribution in [0.25, 0.3) is 11.1 Å². The second kappa shape index (κ2) is 32.0. The van der Waals surface area contributed by atoms with E-state index in [4.69, 9.17) is 37.9 Å². The minimum absolute atomic E-state index is 0.0316. The van der Waals surface area contributed by atoms with Gasteiger partial charge >= 0.3 is 11.7 Å². The molecule has 0 saturated heterocycles. The van der Waals surface area contributed by atoms with E-state index in [1.807, 2.05) is 0 Å². The second-order valence-corrected chi connectivity index (χ2v) is 15.9. The summed E-state index contributed by atoms with van der Waals surface area (Å²) in [6.07, 6.45) is -0.280. The average Bonchev–Trinajstić information content (AvgIpc) is 3.29. The third kappa shape index (κ3) is 21.3. The molecule has 1 unspecified atom stereocenters. The van der Waals surface area contributed by atoms with Crippen LogP contribution in [-0.2, 0) is 79.3 Å². The summed E-state index contributed by atoms with van der Waals surface area (Å²) in [6, 6.07) is 6.43. The number of ether oxygens (including phenoxy) is 8. The number of carboxylic acids is 1. The maximum absolute atomic E-state index is 15.0. The number of hydrogen-bond acceptors (Lipinski definition) is 15. The fourth-order valence-electron chi connectivity index (χ4n) is 6.04. The zero-order valence-corrected chi connectivity index (χ0v) is 39.2. The average molecular weight is 969 g/mol. The number of hydrogen-bond donors (Lipinski definition) is 3. The number of amides is 2. The maximum Gasteiger partial charge on any atom is 0.330 e. The van der Waals surface area contributed by atoms with E-state index in [-0.39, 0.29) is 55.4 Å². The fourth-order valence-corrected chi connectivity index (χ4v) is 6.52. The minimum atomic E-state index is -1.56. The Morgan fingerprint density at radius 1 is 0.672 bits per heavy atom. The molecule has 0 radical (unpaired) electrons. The number of nitrogens with one attached hydrogen (secondary N) is 2. The lowest BCUT2D eigenvalue weighted by Crippen LogP contribution is -2.43. The van der Waals surface area contributed by atoms with Crippen LogP contribution in [0.3, 0.4) is 0 Å². The summed E-state index contributed by atoms with van der Waals surface area (Å²) in [5, 5.41) is 14.6. The van der Waals surface area contributed by atoms with Gasteiger partial charge in [0.25, 0.3) is 11.5 Å². The van der Waals surface area contributed by atoms with Gasteiger partial charge in [0.15, 0.2) is 5.12 Å². The molecule has 22 heteroatoms. The first kappa shape index (κ1) is 56.4. The Hall–Kier alpha value is -4.91. The van der Waals surface area contributed by atoms with Crippen LogP contribution in [0.15, 0.2) is 46.0 Å². The molecule has 372 valence electrons. The molecule has 0 aliphatic heterocycles. The summed E-state index contributed by atoms with van der Waals surface area (Å²) < 4.78 is 75.8. The van der Waals surface area contributed by atoms with Gasteiger partial charge in [-0.3, -0.25) is 23.7 Å². The molecule has 3 rings (SSSR count). The normalized spacial score (nSPS) is 11.7. The van der Waals surface area contributed by atoms with E-state index in [0.717, 1.165) is 16.7 Å². The van der Waals surface area contributed by atoms with E-state index in [9.17, 15) is 33.9 Å². The standard InChI is InChI=1S/C45H62F2N4O15S/c1-31-40(43(55)51(4)45(58)50(31)3)35-7-5-33(6-8-35)29-38(44(56)57)49-42(54)41-36(46)27-34(28-37(41)47)30-48-39(53)9-10-59-11-12-60-13-14-61-15-16-62-17-18-63-19-20-64-21-22-65-23-24-66-25-26-67-32(2)52/h5-8,27-28,38H,9-26,29-30H2,1-4H3,(H,48,53)(H,49,54)(H,56,57). The van der Waals surface area contributed by atoms with Crippen molar-refractivity contribution in [3.63, 3.8) is 0 Å². The van der Waals surface area contributed by atoms with Crippen molar-refractivity contribution in [3.05, 3.63) is 91.3 Å². The van der Waals surface area contributed by atoms with Crippen LogP contribution in [-0.4, -0.2) is 155 Å². The summed E-state index contributed by atoms with van der Waals surface area (Å²) in [4.78, 5) is 73.1. The highest BCUT2D eigenvalue weighted by atomic mass is 32.2. The topological polar surface area (TPSA) is 230 Å². The Kier molecular flexibility index (Phi) is 26.9. The van der Waals surface area contributed by atoms with Gasteiger partial charge in [0.05, 0.1) is 111 Å². The molecule has 67 heavy (non-hydrogen) atoms. The summed E-state index contributed by atoms with van der Waals surface area (Å²) >= 11 is 1.24. The highest BCUT2D eigenvalue weighted by molar-refractivity contribution is 8.13. The van der Waals surface area contributed by atoms with Crippen molar-refractivity contribution in [2.24, 2.45) is 14.1 Å². The molecular formula is C45H62F2N4O15S. The number of carbonyl (C=O) groups is 4. The Morgan fingerprint density at radius 3 is 1.57 bits per heavy atom. The molecule has 2 amide bonds. The summed E-state index contributed by atoms with van der Waals surface area (Å²) in [5.41, 5.74) is -0.292. The maximum atomic E-state index is 15.0. The minimum Gasteiger partial charge on any atom is -0.480 e. The number of halogens is 2. The SMILES string of the molecule is CC(=O)SCCOCCOCCOCCOCCOCCOCCOCCOCCC(=O)NCc1cc(F)c(C(=O)NC(Cc2ccc(-c3c(C)n(C)c(=O)n(C)c3=O)cc2)C(=O)O)c(F)c1. The molecule has 1 heterocycles. The molecule has 1 atom stereocenters. The number of benzene rings is 2. The van der Waals surface area contributed by atoms with Gasteiger partial charge in [-0.15, -0.1) is 0 Å². The van der Waals surface area contributed by atoms with Crippen molar-refractivity contribution in [2.75, 3.05) is 111 Å². The lowest BCUT2D eigenvalue weighted by Gasteiger charge is -2.16. The van der Waals surface area contributed by atoms with E-state index in [0.29, 0.717) is 108 Å². The molecule has 0 aliphatic rings. The zero-order chi connectivity index (χ0) is 49.0. The van der Waals surface area contributed by atoms with Crippen molar-refractivity contribution in [3.8, 4) is 11.1 Å². The summed E-state index contributed by atoms with van der Waals surface area (Å²) in [5.74, 6) is -5.03. The quantitative estimate of drug-likeness (QED) is 0.0718. The first-order valence-corrected chi connectivity index (χ1v) is 22.6. The summed E-state index contributed by atoms with van der Waals surface area (Å²) in [6.45, 7) is 9.05. The van der Waals surface area contributed by atoms with Gasteiger partial charge in [-0.2, -0.15) is 0 Å². The van der Waals surface area contributed by atoms with Crippen LogP contribution in [0.2, 0.25) is 0 Å². The number of thioether (sulfide) groups is 1. The number of aromatic nitrogens is 2. The number of carbonyl (C=O) groups excluding carboxylic acids is 3. The first-order valence-electron chi connectivity index (χ1n) is 21.6.